The van der Waals surface area contributed by atoms with Gasteiger partial charge < -0.3 is 5.32 Å². The van der Waals surface area contributed by atoms with E-state index in [1.165, 1.54) is 11.1 Å². The van der Waals surface area contributed by atoms with Crippen molar-refractivity contribution in [2.45, 2.75) is 39.7 Å². The van der Waals surface area contributed by atoms with Crippen molar-refractivity contribution in [1.29, 1.82) is 0 Å². The van der Waals surface area contributed by atoms with E-state index >= 15 is 0 Å². The van der Waals surface area contributed by atoms with E-state index in [2.05, 4.69) is 60.2 Å². The highest BCUT2D eigenvalue weighted by molar-refractivity contribution is 9.09. The van der Waals surface area contributed by atoms with Crippen LogP contribution in [0.4, 0.5) is 0 Å². The van der Waals surface area contributed by atoms with E-state index in [4.69, 9.17) is 0 Å². The van der Waals surface area contributed by atoms with Gasteiger partial charge in [-0.25, -0.2) is 0 Å². The molecule has 2 nitrogen and oxygen atoms in total. The number of carbonyl (C=O) groups excluding carboxylic acids is 1. The van der Waals surface area contributed by atoms with Crippen molar-refractivity contribution in [3.8, 4) is 0 Å². The highest BCUT2D eigenvalue weighted by Crippen LogP contribution is 2.08. The molecule has 0 bridgehead atoms. The fourth-order valence-electron chi connectivity index (χ4n) is 1.79. The number of alkyl halides is 1. The highest BCUT2D eigenvalue weighted by atomic mass is 79.9. The first-order valence-electron chi connectivity index (χ1n) is 6.43. The maximum absolute atomic E-state index is 11.8. The molecule has 18 heavy (non-hydrogen) atoms. The predicted molar refractivity (Wildman–Crippen MR) is 80.1 cm³/mol. The van der Waals surface area contributed by atoms with Crippen molar-refractivity contribution in [3.05, 3.63) is 35.4 Å². The Bertz CT molecular complexity index is 390. The minimum atomic E-state index is 0.134. The number of hydrogen-bond donors (Lipinski definition) is 1. The summed E-state index contributed by atoms with van der Waals surface area (Å²) >= 11 is 3.44. The average Bonchev–Trinajstić information content (AvgIpc) is 2.33. The summed E-state index contributed by atoms with van der Waals surface area (Å²) in [4.78, 5) is 11.8. The van der Waals surface area contributed by atoms with Gasteiger partial charge in [-0.3, -0.25) is 4.79 Å². The monoisotopic (exact) mass is 311 g/mol. The normalized spacial score (nSPS) is 12.5. The van der Waals surface area contributed by atoms with Gasteiger partial charge in [0.2, 0.25) is 5.91 Å². The van der Waals surface area contributed by atoms with Crippen molar-refractivity contribution in [2.24, 2.45) is 5.92 Å². The van der Waals surface area contributed by atoms with Gasteiger partial charge in [0.15, 0.2) is 0 Å². The summed E-state index contributed by atoms with van der Waals surface area (Å²) in [6, 6.07) is 8.54. The van der Waals surface area contributed by atoms with Crippen LogP contribution in [0.1, 0.15) is 31.4 Å². The number of benzene rings is 1. The largest absolute Gasteiger partial charge is 0.352 e. The van der Waals surface area contributed by atoms with Crippen LogP contribution in [0.15, 0.2) is 24.3 Å². The summed E-state index contributed by atoms with van der Waals surface area (Å²) in [6.07, 6.45) is 1.36. The first kappa shape index (κ1) is 15.2. The van der Waals surface area contributed by atoms with Crippen LogP contribution in [0.2, 0.25) is 0 Å². The summed E-state index contributed by atoms with van der Waals surface area (Å²) < 4.78 is 0. The molecule has 0 heterocycles. The van der Waals surface area contributed by atoms with E-state index in [0.717, 1.165) is 11.8 Å². The smallest absolute Gasteiger partial charge is 0.220 e. The van der Waals surface area contributed by atoms with Gasteiger partial charge in [0.05, 0.1) is 0 Å². The lowest BCUT2D eigenvalue weighted by Crippen LogP contribution is -2.39. The number of carbonyl (C=O) groups is 1. The molecule has 0 aliphatic carbocycles. The molecule has 1 unspecified atom stereocenters. The highest BCUT2D eigenvalue weighted by Gasteiger charge is 2.14. The fraction of sp³-hybridized carbons (Fsp3) is 0.533. The zero-order valence-electron chi connectivity index (χ0n) is 11.4. The summed E-state index contributed by atoms with van der Waals surface area (Å²) in [6.45, 7) is 6.31. The lowest BCUT2D eigenvalue weighted by Gasteiger charge is -2.19. The van der Waals surface area contributed by atoms with Crippen molar-refractivity contribution in [2.75, 3.05) is 5.33 Å². The number of aryl methyl sites for hydroxylation is 2. The van der Waals surface area contributed by atoms with Gasteiger partial charge >= 0.3 is 0 Å². The Hall–Kier alpha value is -0.830. The molecule has 1 aromatic carbocycles. The Morgan fingerprint density at radius 1 is 1.39 bits per heavy atom. The van der Waals surface area contributed by atoms with E-state index in [9.17, 15) is 4.79 Å². The molecule has 0 saturated carbocycles. The van der Waals surface area contributed by atoms with Crippen LogP contribution in [-0.2, 0) is 11.2 Å². The van der Waals surface area contributed by atoms with Crippen molar-refractivity contribution in [3.63, 3.8) is 0 Å². The third-order valence-electron chi connectivity index (χ3n) is 3.04. The molecule has 0 aliphatic heterocycles. The van der Waals surface area contributed by atoms with Crippen molar-refractivity contribution in [1.82, 2.24) is 5.32 Å². The van der Waals surface area contributed by atoms with Crippen LogP contribution < -0.4 is 5.32 Å². The quantitative estimate of drug-likeness (QED) is 0.801. The van der Waals surface area contributed by atoms with E-state index in [1.54, 1.807) is 0 Å². The summed E-state index contributed by atoms with van der Waals surface area (Å²) in [5.41, 5.74) is 2.47. The second-order valence-corrected chi connectivity index (χ2v) is 5.71. The third kappa shape index (κ3) is 5.21. The number of halogens is 1. The van der Waals surface area contributed by atoms with Gasteiger partial charge in [-0.05, 0) is 24.8 Å². The second kappa shape index (κ2) is 7.57. The van der Waals surface area contributed by atoms with Gasteiger partial charge in [-0.15, -0.1) is 0 Å². The molecule has 1 N–H and O–H groups in total. The first-order chi connectivity index (χ1) is 8.52. The summed E-state index contributed by atoms with van der Waals surface area (Å²) in [5, 5.41) is 3.87. The van der Waals surface area contributed by atoms with Gasteiger partial charge in [0.25, 0.3) is 0 Å². The topological polar surface area (TPSA) is 29.1 Å². The second-order valence-electron chi connectivity index (χ2n) is 5.06. The SMILES string of the molecule is Cc1cccc(CCC(=O)NC(CBr)C(C)C)c1. The summed E-state index contributed by atoms with van der Waals surface area (Å²) in [7, 11) is 0. The van der Waals surface area contributed by atoms with E-state index in [1.807, 2.05) is 6.07 Å². The average molecular weight is 312 g/mol. The Morgan fingerprint density at radius 2 is 2.11 bits per heavy atom. The molecule has 0 spiro atoms. The zero-order valence-corrected chi connectivity index (χ0v) is 13.0. The number of hydrogen-bond acceptors (Lipinski definition) is 1. The molecule has 100 valence electrons. The van der Waals surface area contributed by atoms with E-state index in [-0.39, 0.29) is 11.9 Å². The standard InChI is InChI=1S/C15H22BrNO/c1-11(2)14(10-16)17-15(18)8-7-13-6-4-5-12(3)9-13/h4-6,9,11,14H,7-8,10H2,1-3H3,(H,17,18). The van der Waals surface area contributed by atoms with Crippen LogP contribution in [-0.4, -0.2) is 17.3 Å². The molecule has 0 saturated heterocycles. The molecule has 1 atom stereocenters. The molecule has 0 radical (unpaired) electrons. The third-order valence-corrected chi connectivity index (χ3v) is 3.74. The lowest BCUT2D eigenvalue weighted by atomic mass is 10.0. The molecule has 0 aliphatic rings. The minimum absolute atomic E-state index is 0.134. The molecule has 3 heteroatoms. The van der Waals surface area contributed by atoms with Gasteiger partial charge in [0.1, 0.15) is 0 Å². The Balaban J connectivity index is 2.41. The van der Waals surface area contributed by atoms with Crippen LogP contribution in [0.25, 0.3) is 0 Å². The lowest BCUT2D eigenvalue weighted by molar-refractivity contribution is -0.121. The van der Waals surface area contributed by atoms with Crippen molar-refractivity contribution < 1.29 is 4.79 Å². The molecule has 0 fully saturated rings. The van der Waals surface area contributed by atoms with Gasteiger partial charge in [0, 0.05) is 17.8 Å². The van der Waals surface area contributed by atoms with Crippen LogP contribution >= 0.6 is 15.9 Å². The maximum Gasteiger partial charge on any atom is 0.220 e. The fourth-order valence-corrected chi connectivity index (χ4v) is 2.70. The zero-order chi connectivity index (χ0) is 13.5. The van der Waals surface area contributed by atoms with E-state index < -0.39 is 0 Å². The Kier molecular flexibility index (Phi) is 6.41. The van der Waals surface area contributed by atoms with Gasteiger partial charge in [-0.1, -0.05) is 59.6 Å². The first-order valence-corrected chi connectivity index (χ1v) is 7.56. The van der Waals surface area contributed by atoms with Gasteiger partial charge in [-0.2, -0.15) is 0 Å². The molecule has 1 aromatic rings. The number of nitrogens with one attached hydrogen (secondary N) is 1. The number of rotatable bonds is 6. The molecular weight excluding hydrogens is 290 g/mol. The molecule has 0 aromatic heterocycles. The molecule has 1 rings (SSSR count). The molecule has 1 amide bonds. The maximum atomic E-state index is 11.8. The van der Waals surface area contributed by atoms with Crippen molar-refractivity contribution >= 4 is 21.8 Å². The van der Waals surface area contributed by atoms with Crippen LogP contribution in [0, 0.1) is 12.8 Å². The Morgan fingerprint density at radius 3 is 2.67 bits per heavy atom. The Labute approximate surface area is 118 Å². The van der Waals surface area contributed by atoms with Crippen LogP contribution in [0.3, 0.4) is 0 Å². The van der Waals surface area contributed by atoms with Crippen LogP contribution in [0.5, 0.6) is 0 Å². The summed E-state index contributed by atoms with van der Waals surface area (Å²) in [5.74, 6) is 0.585. The van der Waals surface area contributed by atoms with E-state index in [0.29, 0.717) is 12.3 Å². The minimum Gasteiger partial charge on any atom is -0.352 e. The molecular formula is C15H22BrNO. The predicted octanol–water partition coefficient (Wildman–Crippen LogP) is 3.46. The number of amides is 1.